The third kappa shape index (κ3) is 7.25. The fourth-order valence-electron chi connectivity index (χ4n) is 6.12. The topological polar surface area (TPSA) is 18.5 Å². The highest BCUT2D eigenvalue weighted by atomic mass is 35.5. The van der Waals surface area contributed by atoms with Crippen molar-refractivity contribution in [2.24, 2.45) is 11.8 Å². The van der Waals surface area contributed by atoms with Crippen molar-refractivity contribution < 1.29 is 0 Å². The highest BCUT2D eigenvalue weighted by Crippen LogP contribution is 2.56. The number of likely N-dealkylation sites (N-methyl/N-ethyl adjacent to an activating group) is 1. The van der Waals surface area contributed by atoms with Gasteiger partial charge in [0, 0.05) is 39.9 Å². The smallest absolute Gasteiger partial charge is 0.0408 e. The Bertz CT molecular complexity index is 1340. The van der Waals surface area contributed by atoms with Gasteiger partial charge in [0.1, 0.15) is 0 Å². The van der Waals surface area contributed by atoms with E-state index in [-0.39, 0.29) is 5.41 Å². The van der Waals surface area contributed by atoms with Crippen molar-refractivity contribution in [3.8, 4) is 0 Å². The summed E-state index contributed by atoms with van der Waals surface area (Å²) in [4.78, 5) is 5.13. The molecule has 40 heavy (non-hydrogen) atoms. The molecule has 0 aromatic heterocycles. The van der Waals surface area contributed by atoms with Crippen molar-refractivity contribution in [3.05, 3.63) is 114 Å². The zero-order chi connectivity index (χ0) is 28.0. The second-order valence-corrected chi connectivity index (χ2v) is 13.8. The van der Waals surface area contributed by atoms with Gasteiger partial charge in [-0.15, -0.1) is 0 Å². The number of hydrogen-bond acceptors (Lipinski definition) is 5. The molecule has 3 aromatic carbocycles. The molecule has 5 rings (SSSR count). The lowest BCUT2D eigenvalue weighted by Crippen LogP contribution is -2.39. The fourth-order valence-corrected chi connectivity index (χ4v) is 8.12. The van der Waals surface area contributed by atoms with E-state index in [9.17, 15) is 0 Å². The first-order valence-corrected chi connectivity index (χ1v) is 16.2. The van der Waals surface area contributed by atoms with Crippen molar-refractivity contribution >= 4 is 46.3 Å². The minimum atomic E-state index is 0.139. The maximum absolute atomic E-state index is 6.46. The first-order valence-electron chi connectivity index (χ1n) is 14.2. The molecule has 0 spiro atoms. The van der Waals surface area contributed by atoms with Gasteiger partial charge >= 0.3 is 0 Å². The third-order valence-electron chi connectivity index (χ3n) is 8.37. The van der Waals surface area contributed by atoms with Gasteiger partial charge in [0.15, 0.2) is 0 Å². The minimum Gasteiger partial charge on any atom is -0.303 e. The summed E-state index contributed by atoms with van der Waals surface area (Å²) in [5, 5.41) is 3.45. The maximum atomic E-state index is 6.46. The van der Waals surface area contributed by atoms with Crippen LogP contribution in [0.2, 0.25) is 5.02 Å². The van der Waals surface area contributed by atoms with Gasteiger partial charge in [0.05, 0.1) is 0 Å². The fraction of sp³-hybridized carbons (Fsp3) is 0.353. The molecular formula is C34H40ClN3S2. The number of benzene rings is 3. The molecule has 1 aliphatic heterocycles. The molecule has 2 aliphatic rings. The molecule has 3 aromatic rings. The third-order valence-corrected chi connectivity index (χ3v) is 10.4. The van der Waals surface area contributed by atoms with Gasteiger partial charge in [0.2, 0.25) is 0 Å². The van der Waals surface area contributed by atoms with Gasteiger partial charge in [-0.1, -0.05) is 85.4 Å². The summed E-state index contributed by atoms with van der Waals surface area (Å²) < 4.78 is 6.03. The summed E-state index contributed by atoms with van der Waals surface area (Å²) in [5.41, 5.74) is 1.51. The van der Waals surface area contributed by atoms with Crippen molar-refractivity contribution in [3.63, 3.8) is 0 Å². The van der Waals surface area contributed by atoms with E-state index in [0.29, 0.717) is 5.92 Å². The second-order valence-electron chi connectivity index (χ2n) is 11.1. The van der Waals surface area contributed by atoms with Crippen LogP contribution in [-0.4, -0.2) is 49.0 Å². The molecule has 2 atom stereocenters. The lowest BCUT2D eigenvalue weighted by molar-refractivity contribution is 0.174. The largest absolute Gasteiger partial charge is 0.303 e. The Morgan fingerprint density at radius 2 is 1.88 bits per heavy atom. The Kier molecular flexibility index (Phi) is 10.2. The Labute approximate surface area is 254 Å². The number of allylic oxidation sites excluding steroid dienone is 3. The highest BCUT2D eigenvalue weighted by molar-refractivity contribution is 8.01. The van der Waals surface area contributed by atoms with Gasteiger partial charge in [-0.05, 0) is 116 Å². The zero-order valence-corrected chi connectivity index (χ0v) is 25.8. The number of nitrogens with zero attached hydrogens (tertiary/aromatic N) is 2. The molecule has 2 fully saturated rings. The van der Waals surface area contributed by atoms with E-state index < -0.39 is 0 Å². The highest BCUT2D eigenvalue weighted by Gasteiger charge is 2.56. The summed E-state index contributed by atoms with van der Waals surface area (Å²) in [7, 11) is 2.18. The van der Waals surface area contributed by atoms with Crippen LogP contribution in [0, 0.1) is 11.8 Å². The van der Waals surface area contributed by atoms with E-state index in [1.54, 1.807) is 23.9 Å². The molecule has 1 unspecified atom stereocenters. The van der Waals surface area contributed by atoms with E-state index in [1.807, 2.05) is 24.3 Å². The normalized spacial score (nSPS) is 22.1. The van der Waals surface area contributed by atoms with Crippen molar-refractivity contribution in [2.45, 2.75) is 29.6 Å². The molecule has 1 saturated carbocycles. The number of piperidine rings is 1. The van der Waals surface area contributed by atoms with E-state index in [1.165, 1.54) is 53.6 Å². The lowest BCUT2D eigenvalue weighted by Gasteiger charge is -2.33. The number of fused-ring (bicyclic) bond motifs is 1. The van der Waals surface area contributed by atoms with E-state index in [0.717, 1.165) is 35.5 Å². The number of hydrogen-bond donors (Lipinski definition) is 1. The van der Waals surface area contributed by atoms with Crippen molar-refractivity contribution in [2.75, 3.05) is 39.8 Å². The molecule has 210 valence electrons. The van der Waals surface area contributed by atoms with Crippen LogP contribution in [0.4, 0.5) is 0 Å². The number of halogens is 1. The average molecular weight is 590 g/mol. The molecule has 1 heterocycles. The minimum absolute atomic E-state index is 0.139. The zero-order valence-electron chi connectivity index (χ0n) is 23.4. The Balaban J connectivity index is 1.14. The predicted octanol–water partition coefficient (Wildman–Crippen LogP) is 8.60. The van der Waals surface area contributed by atoms with Gasteiger partial charge in [-0.2, -0.15) is 0 Å². The predicted molar refractivity (Wildman–Crippen MR) is 177 cm³/mol. The Morgan fingerprint density at radius 1 is 1.10 bits per heavy atom. The Morgan fingerprint density at radius 3 is 2.65 bits per heavy atom. The molecule has 0 radical (unpaired) electrons. The van der Waals surface area contributed by atoms with E-state index in [2.05, 4.69) is 94.8 Å². The van der Waals surface area contributed by atoms with Gasteiger partial charge in [-0.3, -0.25) is 4.72 Å². The lowest BCUT2D eigenvalue weighted by atomic mass is 9.92. The molecule has 6 heteroatoms. The van der Waals surface area contributed by atoms with Crippen LogP contribution in [-0.2, 0) is 5.41 Å². The van der Waals surface area contributed by atoms with Crippen molar-refractivity contribution in [1.29, 1.82) is 0 Å². The SMILES string of the molecule is C=C/C=C(\C=C)SN(C)C[C@@]1(c2cccc(Cl)c2)CC1CN1CCC(CNSc2cccc3ccccc23)CC1. The van der Waals surface area contributed by atoms with Crippen LogP contribution >= 0.6 is 35.5 Å². The first-order chi connectivity index (χ1) is 19.5. The van der Waals surface area contributed by atoms with Crippen LogP contribution in [0.15, 0.2) is 108 Å². The summed E-state index contributed by atoms with van der Waals surface area (Å²) >= 11 is 9.98. The summed E-state index contributed by atoms with van der Waals surface area (Å²) in [5.74, 6) is 1.37. The molecule has 1 aliphatic carbocycles. The Hall–Kier alpha value is -1.99. The number of likely N-dealkylation sites (tertiary alicyclic amines) is 1. The van der Waals surface area contributed by atoms with Crippen LogP contribution in [0.3, 0.4) is 0 Å². The van der Waals surface area contributed by atoms with E-state index in [4.69, 9.17) is 11.6 Å². The van der Waals surface area contributed by atoms with Crippen molar-refractivity contribution in [1.82, 2.24) is 13.9 Å². The maximum Gasteiger partial charge on any atom is 0.0408 e. The van der Waals surface area contributed by atoms with Crippen LogP contribution in [0.1, 0.15) is 24.8 Å². The monoisotopic (exact) mass is 589 g/mol. The second kappa shape index (κ2) is 13.8. The quantitative estimate of drug-likeness (QED) is 0.158. The molecular weight excluding hydrogens is 550 g/mol. The molecule has 0 bridgehead atoms. The van der Waals surface area contributed by atoms with Gasteiger partial charge in [0.25, 0.3) is 0 Å². The molecule has 0 amide bonds. The van der Waals surface area contributed by atoms with Crippen LogP contribution in [0.5, 0.6) is 0 Å². The summed E-state index contributed by atoms with van der Waals surface area (Å²) in [6, 6.07) is 23.7. The standard InChI is InChI=1S/C34H40ClN3S2/c1-4-10-31(5-2)40-37(3)25-34(28-13-9-14-30(35)21-28)22-29(34)24-38-19-17-26(18-20-38)23-36-39-33-16-8-12-27-11-6-7-15-32(27)33/h4-16,21,26,29,36H,1-2,17-20,22-25H2,3H3/b31-10+/t29?,34-/m1/s1. The molecule has 1 N–H and O–H groups in total. The summed E-state index contributed by atoms with van der Waals surface area (Å²) in [6.07, 6.45) is 9.46. The molecule has 3 nitrogen and oxygen atoms in total. The first kappa shape index (κ1) is 29.5. The van der Waals surface area contributed by atoms with Gasteiger partial charge in [-0.25, -0.2) is 4.31 Å². The number of nitrogens with one attached hydrogen (secondary N) is 1. The average Bonchev–Trinajstić information content (AvgIpc) is 3.66. The number of rotatable bonds is 13. The van der Waals surface area contributed by atoms with Crippen LogP contribution < -0.4 is 4.72 Å². The van der Waals surface area contributed by atoms with Crippen LogP contribution in [0.25, 0.3) is 10.8 Å². The van der Waals surface area contributed by atoms with E-state index >= 15 is 0 Å². The molecule has 1 saturated heterocycles. The van der Waals surface area contributed by atoms with Gasteiger partial charge < -0.3 is 4.90 Å². The summed E-state index contributed by atoms with van der Waals surface area (Å²) in [6.45, 7) is 13.4.